The Bertz CT molecular complexity index is 338. The van der Waals surface area contributed by atoms with Crippen molar-refractivity contribution in [1.82, 2.24) is 20.4 Å². The highest BCUT2D eigenvalue weighted by atomic mass is 16.2. The molecule has 0 unspecified atom stereocenters. The van der Waals surface area contributed by atoms with Gasteiger partial charge in [-0.1, -0.05) is 0 Å². The molecular weight excluding hydrogens is 256 g/mol. The number of rotatable bonds is 9. The molecule has 0 spiro atoms. The number of nitrogens with zero attached hydrogens (tertiary/aromatic N) is 2. The molecule has 0 aromatic rings. The third-order valence-electron chi connectivity index (χ3n) is 3.53. The predicted octanol–water partition coefficient (Wildman–Crippen LogP) is -0.488. The van der Waals surface area contributed by atoms with Crippen molar-refractivity contribution in [1.29, 1.82) is 0 Å². The first-order valence-corrected chi connectivity index (χ1v) is 7.24. The molecule has 2 N–H and O–H groups in total. The molecule has 0 radical (unpaired) electrons. The van der Waals surface area contributed by atoms with Gasteiger partial charge in [-0.3, -0.25) is 9.59 Å². The van der Waals surface area contributed by atoms with E-state index in [2.05, 4.69) is 15.5 Å². The van der Waals surface area contributed by atoms with Crippen LogP contribution in [0.15, 0.2) is 0 Å². The van der Waals surface area contributed by atoms with Crippen molar-refractivity contribution < 1.29 is 9.59 Å². The normalized spacial score (nSPS) is 16.3. The minimum atomic E-state index is -0.787. The summed E-state index contributed by atoms with van der Waals surface area (Å²) in [4.78, 5) is 28.3. The molecule has 116 valence electrons. The van der Waals surface area contributed by atoms with Crippen LogP contribution >= 0.6 is 0 Å². The van der Waals surface area contributed by atoms with Crippen LogP contribution in [0.25, 0.3) is 0 Å². The van der Waals surface area contributed by atoms with Crippen molar-refractivity contribution in [3.8, 4) is 0 Å². The Balaban J connectivity index is 2.29. The summed E-state index contributed by atoms with van der Waals surface area (Å²) in [6, 6.07) is 0. The lowest BCUT2D eigenvalue weighted by molar-refractivity contribution is -0.137. The molecule has 0 saturated heterocycles. The van der Waals surface area contributed by atoms with E-state index in [4.69, 9.17) is 0 Å². The van der Waals surface area contributed by atoms with Crippen molar-refractivity contribution in [3.63, 3.8) is 0 Å². The SMILES string of the molecule is CN(C)CCCNC(=O)C1(C(=O)NCCN(C)C)CC1. The molecule has 0 heterocycles. The molecule has 1 saturated carbocycles. The van der Waals surface area contributed by atoms with Gasteiger partial charge >= 0.3 is 0 Å². The van der Waals surface area contributed by atoms with Gasteiger partial charge in [-0.05, 0) is 54.0 Å². The molecule has 0 aromatic heterocycles. The Morgan fingerprint density at radius 2 is 1.40 bits per heavy atom. The van der Waals surface area contributed by atoms with Crippen molar-refractivity contribution in [2.45, 2.75) is 19.3 Å². The number of amides is 2. The first-order chi connectivity index (χ1) is 9.38. The van der Waals surface area contributed by atoms with Crippen molar-refractivity contribution in [3.05, 3.63) is 0 Å². The van der Waals surface area contributed by atoms with E-state index < -0.39 is 5.41 Å². The Hall–Kier alpha value is -1.14. The molecular formula is C14H28N4O2. The molecule has 0 bridgehead atoms. The monoisotopic (exact) mass is 284 g/mol. The average molecular weight is 284 g/mol. The Morgan fingerprint density at radius 1 is 0.900 bits per heavy atom. The second-order valence-corrected chi connectivity index (χ2v) is 6.05. The van der Waals surface area contributed by atoms with Crippen LogP contribution in [0.3, 0.4) is 0 Å². The molecule has 6 nitrogen and oxygen atoms in total. The van der Waals surface area contributed by atoms with Crippen LogP contribution in [-0.4, -0.2) is 76.0 Å². The molecule has 2 amide bonds. The molecule has 1 rings (SSSR count). The average Bonchev–Trinajstić information content (AvgIpc) is 3.15. The number of likely N-dealkylation sites (N-methyl/N-ethyl adjacent to an activating group) is 1. The molecule has 1 aliphatic rings. The quantitative estimate of drug-likeness (QED) is 0.443. The second-order valence-electron chi connectivity index (χ2n) is 6.05. The fraction of sp³-hybridized carbons (Fsp3) is 0.857. The number of carbonyl (C=O) groups excluding carboxylic acids is 2. The molecule has 20 heavy (non-hydrogen) atoms. The first-order valence-electron chi connectivity index (χ1n) is 7.24. The van der Waals surface area contributed by atoms with Gasteiger partial charge in [-0.25, -0.2) is 0 Å². The highest BCUT2D eigenvalue weighted by molar-refractivity contribution is 6.07. The second kappa shape index (κ2) is 7.59. The van der Waals surface area contributed by atoms with Gasteiger partial charge in [0.15, 0.2) is 0 Å². The van der Waals surface area contributed by atoms with Gasteiger partial charge in [0.05, 0.1) is 0 Å². The first kappa shape index (κ1) is 16.9. The number of hydrogen-bond donors (Lipinski definition) is 2. The maximum absolute atomic E-state index is 12.1. The zero-order valence-corrected chi connectivity index (χ0v) is 13.2. The lowest BCUT2D eigenvalue weighted by Gasteiger charge is -2.17. The van der Waals surface area contributed by atoms with Gasteiger partial charge in [0.1, 0.15) is 5.41 Å². The van der Waals surface area contributed by atoms with E-state index in [-0.39, 0.29) is 11.8 Å². The molecule has 0 aromatic carbocycles. The summed E-state index contributed by atoms with van der Waals surface area (Å²) in [6.07, 6.45) is 2.23. The van der Waals surface area contributed by atoms with Crippen LogP contribution in [0.2, 0.25) is 0 Å². The Kier molecular flexibility index (Phi) is 6.42. The highest BCUT2D eigenvalue weighted by Crippen LogP contribution is 2.46. The zero-order valence-electron chi connectivity index (χ0n) is 13.2. The lowest BCUT2D eigenvalue weighted by atomic mass is 10.1. The third kappa shape index (κ3) is 5.09. The van der Waals surface area contributed by atoms with Gasteiger partial charge in [0.25, 0.3) is 0 Å². The third-order valence-corrected chi connectivity index (χ3v) is 3.53. The van der Waals surface area contributed by atoms with E-state index in [0.29, 0.717) is 25.9 Å². The number of carbonyl (C=O) groups is 2. The van der Waals surface area contributed by atoms with E-state index in [0.717, 1.165) is 19.5 Å². The maximum Gasteiger partial charge on any atom is 0.235 e. The summed E-state index contributed by atoms with van der Waals surface area (Å²) in [5.74, 6) is -0.233. The Morgan fingerprint density at radius 3 is 1.85 bits per heavy atom. The van der Waals surface area contributed by atoms with Gasteiger partial charge in [0, 0.05) is 19.6 Å². The Labute approximate surface area is 121 Å². The van der Waals surface area contributed by atoms with Crippen molar-refractivity contribution >= 4 is 11.8 Å². The molecule has 6 heteroatoms. The number of nitrogens with one attached hydrogen (secondary N) is 2. The summed E-state index contributed by atoms with van der Waals surface area (Å²) in [7, 11) is 7.91. The largest absolute Gasteiger partial charge is 0.355 e. The maximum atomic E-state index is 12.1. The van der Waals surface area contributed by atoms with E-state index in [1.807, 2.05) is 33.1 Å². The van der Waals surface area contributed by atoms with Gasteiger partial charge < -0.3 is 20.4 Å². The highest BCUT2D eigenvalue weighted by Gasteiger charge is 2.56. The van der Waals surface area contributed by atoms with Gasteiger partial charge in [0.2, 0.25) is 11.8 Å². The predicted molar refractivity (Wildman–Crippen MR) is 79.4 cm³/mol. The molecule has 0 aliphatic heterocycles. The van der Waals surface area contributed by atoms with Crippen molar-refractivity contribution in [2.24, 2.45) is 5.41 Å². The molecule has 0 atom stereocenters. The zero-order chi connectivity index (χ0) is 15.2. The lowest BCUT2D eigenvalue weighted by Crippen LogP contribution is -2.45. The van der Waals surface area contributed by atoms with Crippen LogP contribution in [0.4, 0.5) is 0 Å². The van der Waals surface area contributed by atoms with Gasteiger partial charge in [-0.15, -0.1) is 0 Å². The minimum Gasteiger partial charge on any atom is -0.355 e. The summed E-state index contributed by atoms with van der Waals surface area (Å²) >= 11 is 0. The van der Waals surface area contributed by atoms with E-state index in [1.54, 1.807) is 0 Å². The minimum absolute atomic E-state index is 0.112. The number of hydrogen-bond acceptors (Lipinski definition) is 4. The summed E-state index contributed by atoms with van der Waals surface area (Å²) in [5.41, 5.74) is -0.787. The fourth-order valence-electron chi connectivity index (χ4n) is 2.01. The van der Waals surface area contributed by atoms with E-state index in [9.17, 15) is 9.59 Å². The van der Waals surface area contributed by atoms with E-state index in [1.165, 1.54) is 0 Å². The van der Waals surface area contributed by atoms with E-state index >= 15 is 0 Å². The fourth-order valence-corrected chi connectivity index (χ4v) is 2.01. The summed E-state index contributed by atoms with van der Waals surface area (Å²) in [5, 5.41) is 5.74. The molecule has 1 fully saturated rings. The topological polar surface area (TPSA) is 64.7 Å². The standard InChI is InChI=1S/C14H28N4O2/c1-17(2)10-5-8-15-12(19)14(6-7-14)13(20)16-9-11-18(3)4/h5-11H2,1-4H3,(H,15,19)(H,16,20). The van der Waals surface area contributed by atoms with Crippen LogP contribution in [0.1, 0.15) is 19.3 Å². The van der Waals surface area contributed by atoms with Crippen LogP contribution < -0.4 is 10.6 Å². The summed E-state index contributed by atoms with van der Waals surface area (Å²) < 4.78 is 0. The van der Waals surface area contributed by atoms with Crippen molar-refractivity contribution in [2.75, 3.05) is 54.4 Å². The van der Waals surface area contributed by atoms with Crippen LogP contribution in [0.5, 0.6) is 0 Å². The van der Waals surface area contributed by atoms with Crippen LogP contribution in [-0.2, 0) is 9.59 Å². The van der Waals surface area contributed by atoms with Gasteiger partial charge in [-0.2, -0.15) is 0 Å². The molecule has 1 aliphatic carbocycles. The summed E-state index contributed by atoms with van der Waals surface area (Å²) in [6.45, 7) is 2.93. The van der Waals surface area contributed by atoms with Crippen LogP contribution in [0, 0.1) is 5.41 Å². The smallest absolute Gasteiger partial charge is 0.235 e.